The number of Topliss-reactive ketones (excluding diaryl/α,β-unsaturated/α-hetero) is 1. The molecule has 1 aliphatic carbocycles. The predicted molar refractivity (Wildman–Crippen MR) is 35.7 cm³/mol. The minimum Gasteiger partial charge on any atom is -0.402 e. The Hall–Kier alpha value is -1.05. The molecule has 0 atom stereocenters. The van der Waals surface area contributed by atoms with Gasteiger partial charge in [0.2, 0.25) is 0 Å². The van der Waals surface area contributed by atoms with Crippen molar-refractivity contribution >= 4 is 5.78 Å². The van der Waals surface area contributed by atoms with Crippen LogP contribution in [-0.4, -0.2) is 5.78 Å². The molecule has 0 unspecified atom stereocenters. The summed E-state index contributed by atoms with van der Waals surface area (Å²) in [5.41, 5.74) is 6.84. The van der Waals surface area contributed by atoms with Crippen LogP contribution in [0, 0.1) is 0 Å². The van der Waals surface area contributed by atoms with Crippen LogP contribution in [0.4, 0.5) is 0 Å². The number of carbonyl (C=O) groups is 1. The van der Waals surface area contributed by atoms with E-state index in [2.05, 4.69) is 0 Å². The molecule has 0 radical (unpaired) electrons. The smallest absolute Gasteiger partial charge is 0.164 e. The highest BCUT2D eigenvalue weighted by Crippen LogP contribution is 2.09. The highest BCUT2D eigenvalue weighted by Gasteiger charge is 2.08. The molecule has 9 heavy (non-hydrogen) atoms. The Balaban J connectivity index is 2.86. The van der Waals surface area contributed by atoms with E-state index in [1.807, 2.05) is 0 Å². The van der Waals surface area contributed by atoms with E-state index in [0.717, 1.165) is 5.57 Å². The normalized spacial score (nSPS) is 19.0. The predicted octanol–water partition coefficient (Wildman–Crippen LogP) is 0.748. The SMILES string of the molecule is CC1=CC=C(N)CC1=O. The van der Waals surface area contributed by atoms with Crippen molar-refractivity contribution in [3.8, 4) is 0 Å². The summed E-state index contributed by atoms with van der Waals surface area (Å²) in [7, 11) is 0. The molecule has 0 saturated carbocycles. The lowest BCUT2D eigenvalue weighted by atomic mass is 10.0. The molecule has 0 aromatic heterocycles. The third-order valence-electron chi connectivity index (χ3n) is 1.35. The topological polar surface area (TPSA) is 43.1 Å². The van der Waals surface area contributed by atoms with Crippen LogP contribution in [0.15, 0.2) is 23.4 Å². The van der Waals surface area contributed by atoms with Crippen LogP contribution in [-0.2, 0) is 4.79 Å². The van der Waals surface area contributed by atoms with Gasteiger partial charge in [0.05, 0.1) is 6.42 Å². The molecule has 0 bridgehead atoms. The Morgan fingerprint density at radius 2 is 2.22 bits per heavy atom. The van der Waals surface area contributed by atoms with Crippen molar-refractivity contribution in [1.82, 2.24) is 0 Å². The van der Waals surface area contributed by atoms with E-state index in [4.69, 9.17) is 5.73 Å². The van der Waals surface area contributed by atoms with Gasteiger partial charge in [-0.3, -0.25) is 4.79 Å². The number of allylic oxidation sites excluding steroid dienone is 4. The Kier molecular flexibility index (Phi) is 1.39. The molecule has 0 saturated heterocycles. The van der Waals surface area contributed by atoms with Crippen molar-refractivity contribution in [3.05, 3.63) is 23.4 Å². The second-order valence-electron chi connectivity index (χ2n) is 2.19. The molecule has 0 amide bonds. The number of hydrogen-bond acceptors (Lipinski definition) is 2. The third-order valence-corrected chi connectivity index (χ3v) is 1.35. The summed E-state index contributed by atoms with van der Waals surface area (Å²) >= 11 is 0. The van der Waals surface area contributed by atoms with Gasteiger partial charge >= 0.3 is 0 Å². The van der Waals surface area contributed by atoms with Crippen LogP contribution in [0.3, 0.4) is 0 Å². The summed E-state index contributed by atoms with van der Waals surface area (Å²) < 4.78 is 0. The van der Waals surface area contributed by atoms with Crippen LogP contribution >= 0.6 is 0 Å². The highest BCUT2D eigenvalue weighted by molar-refractivity contribution is 5.97. The van der Waals surface area contributed by atoms with Gasteiger partial charge in [0.1, 0.15) is 0 Å². The molecular weight excluding hydrogens is 114 g/mol. The second-order valence-corrected chi connectivity index (χ2v) is 2.19. The summed E-state index contributed by atoms with van der Waals surface area (Å²) in [6.45, 7) is 1.80. The van der Waals surface area contributed by atoms with Crippen molar-refractivity contribution in [2.24, 2.45) is 5.73 Å². The summed E-state index contributed by atoms with van der Waals surface area (Å²) in [5.74, 6) is 0.134. The maximum absolute atomic E-state index is 10.8. The molecule has 2 heteroatoms. The van der Waals surface area contributed by atoms with Crippen LogP contribution in [0.5, 0.6) is 0 Å². The standard InChI is InChI=1S/C7H9NO/c1-5-2-3-6(8)4-7(5)9/h2-3H,4,8H2,1H3. The van der Waals surface area contributed by atoms with E-state index >= 15 is 0 Å². The molecule has 0 aromatic carbocycles. The maximum Gasteiger partial charge on any atom is 0.164 e. The lowest BCUT2D eigenvalue weighted by molar-refractivity contribution is -0.115. The van der Waals surface area contributed by atoms with Gasteiger partial charge < -0.3 is 5.73 Å². The van der Waals surface area contributed by atoms with Crippen molar-refractivity contribution < 1.29 is 4.79 Å². The number of rotatable bonds is 0. The van der Waals surface area contributed by atoms with Gasteiger partial charge in [-0.2, -0.15) is 0 Å². The zero-order valence-electron chi connectivity index (χ0n) is 5.35. The minimum atomic E-state index is 0.134. The molecule has 2 nitrogen and oxygen atoms in total. The number of carbonyl (C=O) groups excluding carboxylic acids is 1. The lowest BCUT2D eigenvalue weighted by Gasteiger charge is -2.04. The summed E-state index contributed by atoms with van der Waals surface area (Å²) in [6, 6.07) is 0. The molecule has 48 valence electrons. The van der Waals surface area contributed by atoms with Gasteiger partial charge in [-0.05, 0) is 18.6 Å². The van der Waals surface area contributed by atoms with Crippen LogP contribution in [0.1, 0.15) is 13.3 Å². The maximum atomic E-state index is 10.8. The van der Waals surface area contributed by atoms with E-state index in [1.165, 1.54) is 0 Å². The van der Waals surface area contributed by atoms with Crippen LogP contribution in [0.25, 0.3) is 0 Å². The first kappa shape index (κ1) is 6.08. The largest absolute Gasteiger partial charge is 0.402 e. The fourth-order valence-corrected chi connectivity index (χ4v) is 0.709. The zero-order chi connectivity index (χ0) is 6.85. The highest BCUT2D eigenvalue weighted by atomic mass is 16.1. The number of ketones is 1. The van der Waals surface area contributed by atoms with E-state index in [9.17, 15) is 4.79 Å². The monoisotopic (exact) mass is 123 g/mol. The third kappa shape index (κ3) is 1.19. The second kappa shape index (κ2) is 2.05. The molecule has 2 N–H and O–H groups in total. The summed E-state index contributed by atoms with van der Waals surface area (Å²) in [5, 5.41) is 0. The van der Waals surface area contributed by atoms with Crippen molar-refractivity contribution in [1.29, 1.82) is 0 Å². The lowest BCUT2D eigenvalue weighted by Crippen LogP contribution is -2.10. The van der Waals surface area contributed by atoms with E-state index < -0.39 is 0 Å². The molecule has 0 aliphatic heterocycles. The zero-order valence-corrected chi connectivity index (χ0v) is 5.35. The van der Waals surface area contributed by atoms with Gasteiger partial charge in [-0.15, -0.1) is 0 Å². The average molecular weight is 123 g/mol. The van der Waals surface area contributed by atoms with Crippen molar-refractivity contribution in [3.63, 3.8) is 0 Å². The van der Waals surface area contributed by atoms with E-state index in [0.29, 0.717) is 12.1 Å². The first-order valence-corrected chi connectivity index (χ1v) is 2.86. The molecule has 1 rings (SSSR count). The summed E-state index contributed by atoms with van der Waals surface area (Å²) in [6.07, 6.45) is 3.92. The van der Waals surface area contributed by atoms with Gasteiger partial charge in [0.25, 0.3) is 0 Å². The molecule has 0 spiro atoms. The Morgan fingerprint density at radius 3 is 2.67 bits per heavy atom. The van der Waals surface area contributed by atoms with Gasteiger partial charge in [0, 0.05) is 5.70 Å². The van der Waals surface area contributed by atoms with Crippen molar-refractivity contribution in [2.75, 3.05) is 0 Å². The molecule has 1 aliphatic rings. The fourth-order valence-electron chi connectivity index (χ4n) is 0.709. The Labute approximate surface area is 54.0 Å². The molecule has 0 fully saturated rings. The van der Waals surface area contributed by atoms with Crippen LogP contribution in [0.2, 0.25) is 0 Å². The quantitative estimate of drug-likeness (QED) is 0.516. The first-order chi connectivity index (χ1) is 4.20. The fraction of sp³-hybridized carbons (Fsp3) is 0.286. The average Bonchev–Trinajstić information content (AvgIpc) is 1.80. The molecule has 0 aromatic rings. The van der Waals surface area contributed by atoms with E-state index in [-0.39, 0.29) is 5.78 Å². The van der Waals surface area contributed by atoms with E-state index in [1.54, 1.807) is 19.1 Å². The Bertz CT molecular complexity index is 201. The Morgan fingerprint density at radius 1 is 1.56 bits per heavy atom. The first-order valence-electron chi connectivity index (χ1n) is 2.86. The molecule has 0 heterocycles. The van der Waals surface area contributed by atoms with Gasteiger partial charge in [0.15, 0.2) is 5.78 Å². The number of nitrogens with two attached hydrogens (primary N) is 1. The summed E-state index contributed by atoms with van der Waals surface area (Å²) in [4.78, 5) is 10.8. The van der Waals surface area contributed by atoms with Gasteiger partial charge in [-0.25, -0.2) is 0 Å². The van der Waals surface area contributed by atoms with Gasteiger partial charge in [-0.1, -0.05) is 6.08 Å². The van der Waals surface area contributed by atoms with Crippen LogP contribution < -0.4 is 5.73 Å². The molecular formula is C7H9NO. The number of hydrogen-bond donors (Lipinski definition) is 1. The minimum absolute atomic E-state index is 0.134. The van der Waals surface area contributed by atoms with Crippen molar-refractivity contribution in [2.45, 2.75) is 13.3 Å².